The second-order valence-corrected chi connectivity index (χ2v) is 1.41. The summed E-state index contributed by atoms with van der Waals surface area (Å²) >= 11 is 0.463. The Hall–Kier alpha value is 0.130. The van der Waals surface area contributed by atoms with Crippen LogP contribution >= 0.6 is 12.3 Å². The van der Waals surface area contributed by atoms with Gasteiger partial charge in [-0.3, -0.25) is 8.37 Å². The summed E-state index contributed by atoms with van der Waals surface area (Å²) < 4.78 is 30.4. The highest BCUT2D eigenvalue weighted by atomic mass is 32.2. The Kier molecular flexibility index (Phi) is 7.25. The molecule has 0 aromatic heterocycles. The van der Waals surface area contributed by atoms with E-state index in [2.05, 4.69) is 8.37 Å². The van der Waals surface area contributed by atoms with E-state index in [1.807, 2.05) is 0 Å². The smallest absolute Gasteiger partial charge is 0.203 e. The normalized spacial score (nSPS) is 9.75. The quantitative estimate of drug-likeness (QED) is 0.430. The molecule has 2 nitrogen and oxygen atoms in total. The van der Waals surface area contributed by atoms with Crippen LogP contribution in [0.25, 0.3) is 0 Å². The summed E-state index contributed by atoms with van der Waals surface area (Å²) in [5, 5.41) is 0. The predicted octanol–water partition coefficient (Wildman–Crippen LogP) is 1.48. The van der Waals surface area contributed by atoms with Crippen molar-refractivity contribution in [2.24, 2.45) is 0 Å². The van der Waals surface area contributed by atoms with E-state index in [0.29, 0.717) is 12.3 Å². The van der Waals surface area contributed by atoms with Gasteiger partial charge in [-0.2, -0.15) is 0 Å². The van der Waals surface area contributed by atoms with Gasteiger partial charge in [0.15, 0.2) is 12.3 Å². The largest absolute Gasteiger partial charge is 0.289 e. The molecule has 0 heterocycles. The molecule has 5 heteroatoms. The first-order valence-corrected chi connectivity index (χ1v) is 2.61. The van der Waals surface area contributed by atoms with E-state index in [-0.39, 0.29) is 6.61 Å². The van der Waals surface area contributed by atoms with Crippen LogP contribution in [0.1, 0.15) is 0 Å². The molecule has 0 amide bonds. The molecule has 0 aliphatic carbocycles. The van der Waals surface area contributed by atoms with Crippen molar-refractivity contribution in [2.45, 2.75) is 0 Å². The molecular weight excluding hydrogens is 138 g/mol. The van der Waals surface area contributed by atoms with E-state index in [9.17, 15) is 8.78 Å². The molecule has 0 saturated heterocycles. The zero-order valence-electron chi connectivity index (χ0n) is 4.10. The third-order valence-electron chi connectivity index (χ3n) is 0.301. The standard InChI is InChI=1S/C3H6F2O2S/c4-1-2-6-8-7-3-5/h1-3H2. The van der Waals surface area contributed by atoms with Crippen LogP contribution in [0.2, 0.25) is 0 Å². The second kappa shape index (κ2) is 7.13. The van der Waals surface area contributed by atoms with Crippen LogP contribution in [0.3, 0.4) is 0 Å². The lowest BCUT2D eigenvalue weighted by Crippen LogP contribution is -1.88. The summed E-state index contributed by atoms with van der Waals surface area (Å²) in [6.07, 6.45) is 0. The Morgan fingerprint density at radius 1 is 1.25 bits per heavy atom. The van der Waals surface area contributed by atoms with Gasteiger partial charge >= 0.3 is 0 Å². The van der Waals surface area contributed by atoms with Crippen molar-refractivity contribution in [3.8, 4) is 0 Å². The Bertz CT molecular complexity index is 40.3. The lowest BCUT2D eigenvalue weighted by Gasteiger charge is -1.93. The van der Waals surface area contributed by atoms with Gasteiger partial charge < -0.3 is 0 Å². The molecule has 0 unspecified atom stereocenters. The summed E-state index contributed by atoms with van der Waals surface area (Å²) in [5.74, 6) is 0. The van der Waals surface area contributed by atoms with Crippen molar-refractivity contribution in [1.82, 2.24) is 0 Å². The summed E-state index contributed by atoms with van der Waals surface area (Å²) in [4.78, 5) is 0. The Labute approximate surface area is 50.6 Å². The highest BCUT2D eigenvalue weighted by Crippen LogP contribution is 2.02. The van der Waals surface area contributed by atoms with Crippen molar-refractivity contribution < 1.29 is 17.1 Å². The van der Waals surface area contributed by atoms with Gasteiger partial charge in [-0.05, 0) is 0 Å². The van der Waals surface area contributed by atoms with Crippen molar-refractivity contribution in [2.75, 3.05) is 20.1 Å². The fourth-order valence-corrected chi connectivity index (χ4v) is 0.353. The topological polar surface area (TPSA) is 18.5 Å². The molecule has 50 valence electrons. The van der Waals surface area contributed by atoms with Gasteiger partial charge in [0.2, 0.25) is 6.86 Å². The van der Waals surface area contributed by atoms with E-state index in [4.69, 9.17) is 0 Å². The minimum absolute atomic E-state index is 0.0648. The van der Waals surface area contributed by atoms with E-state index in [1.165, 1.54) is 0 Å². The molecule has 0 N–H and O–H groups in total. The molecule has 0 aromatic carbocycles. The molecule has 0 spiro atoms. The molecule has 0 fully saturated rings. The first-order valence-electron chi connectivity index (χ1n) is 1.95. The lowest BCUT2D eigenvalue weighted by atomic mass is 10.9. The van der Waals surface area contributed by atoms with E-state index < -0.39 is 13.5 Å². The molecule has 0 aliphatic rings. The number of halogens is 2. The third-order valence-corrected chi connectivity index (χ3v) is 0.749. The molecule has 0 bridgehead atoms. The summed E-state index contributed by atoms with van der Waals surface area (Å²) in [7, 11) is 0. The Morgan fingerprint density at radius 2 is 2.00 bits per heavy atom. The monoisotopic (exact) mass is 144 g/mol. The minimum atomic E-state index is -0.920. The highest BCUT2D eigenvalue weighted by Gasteiger charge is 1.86. The first kappa shape index (κ1) is 8.13. The van der Waals surface area contributed by atoms with Gasteiger partial charge in [-0.25, -0.2) is 8.78 Å². The molecular formula is C3H6F2O2S. The van der Waals surface area contributed by atoms with Gasteiger partial charge in [0.1, 0.15) is 6.67 Å². The average Bonchev–Trinajstić information content (AvgIpc) is 1.81. The third kappa shape index (κ3) is 6.13. The fourth-order valence-electron chi connectivity index (χ4n) is 0.118. The van der Waals surface area contributed by atoms with Crippen LogP contribution < -0.4 is 0 Å². The molecule has 0 aliphatic heterocycles. The lowest BCUT2D eigenvalue weighted by molar-refractivity contribution is 0.192. The Morgan fingerprint density at radius 3 is 2.50 bits per heavy atom. The fraction of sp³-hybridized carbons (Fsp3) is 1.00. The van der Waals surface area contributed by atoms with Crippen LogP contribution in [0, 0.1) is 0 Å². The molecule has 0 atom stereocenters. The van der Waals surface area contributed by atoms with Crippen LogP contribution in [0.5, 0.6) is 0 Å². The summed E-state index contributed by atoms with van der Waals surface area (Å²) in [6.45, 7) is -1.57. The Balaban J connectivity index is 2.53. The van der Waals surface area contributed by atoms with E-state index in [0.717, 1.165) is 0 Å². The first-order chi connectivity index (χ1) is 3.91. The van der Waals surface area contributed by atoms with Gasteiger partial charge in [0, 0.05) is 0 Å². The van der Waals surface area contributed by atoms with Gasteiger partial charge in [0.05, 0.1) is 6.61 Å². The maximum Gasteiger partial charge on any atom is 0.203 e. The molecule has 0 radical (unpaired) electrons. The maximum absolute atomic E-state index is 11.1. The van der Waals surface area contributed by atoms with Crippen LogP contribution in [0.15, 0.2) is 0 Å². The molecule has 8 heavy (non-hydrogen) atoms. The zero-order valence-corrected chi connectivity index (χ0v) is 4.92. The second-order valence-electron chi connectivity index (χ2n) is 0.806. The zero-order chi connectivity index (χ0) is 6.24. The SMILES string of the molecule is FCCOSOCF. The summed E-state index contributed by atoms with van der Waals surface area (Å²) in [5.41, 5.74) is 0. The van der Waals surface area contributed by atoms with Gasteiger partial charge in [-0.15, -0.1) is 0 Å². The van der Waals surface area contributed by atoms with Crippen LogP contribution in [-0.2, 0) is 8.37 Å². The van der Waals surface area contributed by atoms with Crippen LogP contribution in [-0.4, -0.2) is 20.1 Å². The number of hydrogen-bond acceptors (Lipinski definition) is 3. The minimum Gasteiger partial charge on any atom is -0.289 e. The number of rotatable bonds is 5. The van der Waals surface area contributed by atoms with Crippen LogP contribution in [0.4, 0.5) is 8.78 Å². The average molecular weight is 144 g/mol. The van der Waals surface area contributed by atoms with Crippen molar-refractivity contribution in [3.63, 3.8) is 0 Å². The maximum atomic E-state index is 11.1. The highest BCUT2D eigenvalue weighted by molar-refractivity contribution is 7.89. The van der Waals surface area contributed by atoms with Crippen molar-refractivity contribution >= 4 is 12.3 Å². The molecule has 0 saturated carbocycles. The number of hydrogen-bond donors (Lipinski definition) is 0. The molecule has 0 aromatic rings. The van der Waals surface area contributed by atoms with Gasteiger partial charge in [-0.1, -0.05) is 0 Å². The van der Waals surface area contributed by atoms with E-state index >= 15 is 0 Å². The number of alkyl halides is 2. The van der Waals surface area contributed by atoms with Crippen molar-refractivity contribution in [1.29, 1.82) is 0 Å². The van der Waals surface area contributed by atoms with Gasteiger partial charge in [0.25, 0.3) is 0 Å². The van der Waals surface area contributed by atoms with Crippen molar-refractivity contribution in [3.05, 3.63) is 0 Å². The molecule has 0 rings (SSSR count). The summed E-state index contributed by atoms with van der Waals surface area (Å²) in [6, 6.07) is 0. The predicted molar refractivity (Wildman–Crippen MR) is 26.6 cm³/mol. The van der Waals surface area contributed by atoms with E-state index in [1.54, 1.807) is 0 Å².